The first-order valence-corrected chi connectivity index (χ1v) is 15.0. The van der Waals surface area contributed by atoms with Crippen LogP contribution < -0.4 is 5.73 Å². The lowest BCUT2D eigenvalue weighted by molar-refractivity contribution is -0.152. The minimum absolute atomic E-state index is 0.0535. The fraction of sp³-hybridized carbons (Fsp3) is 0.967. The summed E-state index contributed by atoms with van der Waals surface area (Å²) in [7, 11) is 0. The quantitative estimate of drug-likeness (QED) is 0.107. The Morgan fingerprint density at radius 3 is 1.36 bits per heavy atom. The number of carbonyl (C=O) groups excluding carboxylic acids is 1. The Balaban J connectivity index is 3.72. The molecule has 2 N–H and O–H groups in total. The maximum absolute atomic E-state index is 12.8. The molecule has 1 atom stereocenters. The van der Waals surface area contributed by atoms with Crippen LogP contribution in [-0.2, 0) is 9.53 Å². The molecular formula is C30H61NO2. The summed E-state index contributed by atoms with van der Waals surface area (Å²) in [5, 5.41) is 0. The van der Waals surface area contributed by atoms with E-state index in [1.165, 1.54) is 96.3 Å². The van der Waals surface area contributed by atoms with E-state index in [9.17, 15) is 4.79 Å². The predicted octanol–water partition coefficient (Wildman–Crippen LogP) is 9.51. The van der Waals surface area contributed by atoms with Crippen molar-refractivity contribution in [3.63, 3.8) is 0 Å². The van der Waals surface area contributed by atoms with Gasteiger partial charge < -0.3 is 10.5 Å². The van der Waals surface area contributed by atoms with E-state index in [0.29, 0.717) is 6.61 Å². The molecule has 0 radical (unpaired) electrons. The van der Waals surface area contributed by atoms with Gasteiger partial charge in [-0.25, -0.2) is 0 Å². The van der Waals surface area contributed by atoms with Crippen LogP contribution in [0.3, 0.4) is 0 Å². The highest BCUT2D eigenvalue weighted by Crippen LogP contribution is 2.30. The number of unbranched alkanes of at least 4 members (excludes halogenated alkanes) is 15. The van der Waals surface area contributed by atoms with Crippen molar-refractivity contribution < 1.29 is 9.53 Å². The molecule has 0 aromatic rings. The van der Waals surface area contributed by atoms with Crippen molar-refractivity contribution in [1.82, 2.24) is 0 Å². The summed E-state index contributed by atoms with van der Waals surface area (Å²) in [6.45, 7) is 9.29. The van der Waals surface area contributed by atoms with Gasteiger partial charge in [-0.15, -0.1) is 0 Å². The van der Waals surface area contributed by atoms with Crippen LogP contribution in [0.2, 0.25) is 0 Å². The largest absolute Gasteiger partial charge is 0.465 e. The summed E-state index contributed by atoms with van der Waals surface area (Å²) in [5.41, 5.74) is 6.32. The lowest BCUT2D eigenvalue weighted by Crippen LogP contribution is -2.50. The summed E-state index contributed by atoms with van der Waals surface area (Å²) in [5.74, 6) is -0.203. The smallest absolute Gasteiger partial charge is 0.310 e. The Morgan fingerprint density at radius 2 is 1.00 bits per heavy atom. The number of rotatable bonds is 25. The van der Waals surface area contributed by atoms with Crippen molar-refractivity contribution in [3.05, 3.63) is 0 Å². The molecule has 0 aromatic heterocycles. The van der Waals surface area contributed by atoms with E-state index in [-0.39, 0.29) is 11.9 Å². The molecule has 0 aliphatic heterocycles. The average molecular weight is 468 g/mol. The first kappa shape index (κ1) is 32.4. The zero-order valence-corrected chi connectivity index (χ0v) is 23.2. The molecule has 0 saturated heterocycles. The van der Waals surface area contributed by atoms with Gasteiger partial charge in [0.15, 0.2) is 0 Å². The van der Waals surface area contributed by atoms with Crippen molar-refractivity contribution >= 4 is 5.97 Å². The Bertz CT molecular complexity index is 418. The number of hydrogen-bond acceptors (Lipinski definition) is 3. The summed E-state index contributed by atoms with van der Waals surface area (Å²) in [6, 6.07) is 0. The van der Waals surface area contributed by atoms with Crippen LogP contribution >= 0.6 is 0 Å². The molecule has 0 aliphatic carbocycles. The Morgan fingerprint density at radius 1 is 0.606 bits per heavy atom. The van der Waals surface area contributed by atoms with Gasteiger partial charge in [0, 0.05) is 5.54 Å². The highest BCUT2D eigenvalue weighted by Gasteiger charge is 2.38. The maximum Gasteiger partial charge on any atom is 0.310 e. The Kier molecular flexibility index (Phi) is 22.8. The third-order valence-corrected chi connectivity index (χ3v) is 7.23. The molecule has 3 heteroatoms. The lowest BCUT2D eigenvalue weighted by Gasteiger charge is -2.36. The topological polar surface area (TPSA) is 52.3 Å². The van der Waals surface area contributed by atoms with E-state index >= 15 is 0 Å². The van der Waals surface area contributed by atoms with Crippen LogP contribution in [0.1, 0.15) is 169 Å². The summed E-state index contributed by atoms with van der Waals surface area (Å²) < 4.78 is 5.70. The fourth-order valence-electron chi connectivity index (χ4n) is 5.26. The summed E-state index contributed by atoms with van der Waals surface area (Å²) in [4.78, 5) is 12.8. The van der Waals surface area contributed by atoms with Crippen LogP contribution in [-0.4, -0.2) is 18.1 Å². The summed E-state index contributed by atoms with van der Waals surface area (Å²) >= 11 is 0. The molecule has 0 bridgehead atoms. The van der Waals surface area contributed by atoms with Gasteiger partial charge in [0.25, 0.3) is 0 Å². The van der Waals surface area contributed by atoms with Crippen molar-refractivity contribution in [1.29, 1.82) is 0 Å². The molecule has 0 aliphatic rings. The SMILES string of the molecule is CCCCCCCCCCCCCCCCCCOC(=O)C(CCC)C(N)(CCC)CCC. The van der Waals surface area contributed by atoms with Crippen LogP contribution in [0.15, 0.2) is 0 Å². The molecule has 0 saturated carbocycles. The molecule has 0 aromatic carbocycles. The fourth-order valence-corrected chi connectivity index (χ4v) is 5.26. The van der Waals surface area contributed by atoms with Gasteiger partial charge in [0.2, 0.25) is 0 Å². The van der Waals surface area contributed by atoms with E-state index < -0.39 is 5.54 Å². The minimum atomic E-state index is -0.398. The van der Waals surface area contributed by atoms with Gasteiger partial charge in [0.05, 0.1) is 12.5 Å². The van der Waals surface area contributed by atoms with Crippen LogP contribution in [0.5, 0.6) is 0 Å². The molecule has 0 amide bonds. The van der Waals surface area contributed by atoms with E-state index in [1.807, 2.05) is 0 Å². The molecule has 3 nitrogen and oxygen atoms in total. The lowest BCUT2D eigenvalue weighted by atomic mass is 9.75. The van der Waals surface area contributed by atoms with Gasteiger partial charge in [-0.1, -0.05) is 143 Å². The normalized spacial score (nSPS) is 12.8. The maximum atomic E-state index is 12.8. The second-order valence-electron chi connectivity index (χ2n) is 10.5. The Labute approximate surface area is 208 Å². The number of esters is 1. The van der Waals surface area contributed by atoms with Gasteiger partial charge in [-0.2, -0.15) is 0 Å². The van der Waals surface area contributed by atoms with Gasteiger partial charge in [-0.3, -0.25) is 4.79 Å². The third kappa shape index (κ3) is 17.5. The van der Waals surface area contributed by atoms with Gasteiger partial charge in [-0.05, 0) is 25.7 Å². The average Bonchev–Trinajstić information content (AvgIpc) is 2.79. The van der Waals surface area contributed by atoms with Gasteiger partial charge >= 0.3 is 5.97 Å². The standard InChI is InChI=1S/C30H61NO2/c1-5-9-10-11-12-13-14-15-16-17-18-19-20-21-22-23-27-33-29(32)28(24-6-2)30(31,25-7-3)26-8-4/h28H,5-27,31H2,1-4H3. The molecule has 198 valence electrons. The van der Waals surface area contributed by atoms with E-state index in [1.54, 1.807) is 0 Å². The monoisotopic (exact) mass is 467 g/mol. The summed E-state index contributed by atoms with van der Waals surface area (Å²) in [6.07, 6.45) is 27.4. The van der Waals surface area contributed by atoms with Crippen molar-refractivity contribution in [2.75, 3.05) is 6.61 Å². The minimum Gasteiger partial charge on any atom is -0.465 e. The Hall–Kier alpha value is -0.570. The third-order valence-electron chi connectivity index (χ3n) is 7.23. The zero-order valence-electron chi connectivity index (χ0n) is 23.2. The molecule has 1 unspecified atom stereocenters. The second-order valence-corrected chi connectivity index (χ2v) is 10.5. The number of carbonyl (C=O) groups is 1. The highest BCUT2D eigenvalue weighted by atomic mass is 16.5. The molecule has 0 spiro atoms. The molecule has 33 heavy (non-hydrogen) atoms. The number of nitrogens with two attached hydrogens (primary N) is 1. The molecule has 0 fully saturated rings. The first-order chi connectivity index (χ1) is 16.1. The zero-order chi connectivity index (χ0) is 24.6. The number of ether oxygens (including phenoxy) is 1. The molecule has 0 rings (SSSR count). The highest BCUT2D eigenvalue weighted by molar-refractivity contribution is 5.74. The first-order valence-electron chi connectivity index (χ1n) is 15.0. The van der Waals surface area contributed by atoms with Crippen LogP contribution in [0.25, 0.3) is 0 Å². The second kappa shape index (κ2) is 23.2. The van der Waals surface area contributed by atoms with Crippen LogP contribution in [0, 0.1) is 5.92 Å². The van der Waals surface area contributed by atoms with E-state index in [4.69, 9.17) is 10.5 Å². The number of hydrogen-bond donors (Lipinski definition) is 1. The van der Waals surface area contributed by atoms with Crippen molar-refractivity contribution in [3.8, 4) is 0 Å². The van der Waals surface area contributed by atoms with Crippen molar-refractivity contribution in [2.24, 2.45) is 11.7 Å². The molecular weight excluding hydrogens is 406 g/mol. The predicted molar refractivity (Wildman–Crippen MR) is 146 cm³/mol. The van der Waals surface area contributed by atoms with Crippen molar-refractivity contribution in [2.45, 2.75) is 174 Å². The van der Waals surface area contributed by atoms with E-state index in [2.05, 4.69) is 27.7 Å². The molecule has 0 heterocycles. The van der Waals surface area contributed by atoms with E-state index in [0.717, 1.165) is 44.9 Å². The van der Waals surface area contributed by atoms with Crippen LogP contribution in [0.4, 0.5) is 0 Å². The van der Waals surface area contributed by atoms with Gasteiger partial charge in [0.1, 0.15) is 0 Å².